The van der Waals surface area contributed by atoms with Gasteiger partial charge in [-0.25, -0.2) is 0 Å². The SMILES string of the molecule is O=C(Nc1ccccc1Cn1cccn1)c1ccccn1. The molecule has 0 aliphatic heterocycles. The molecule has 1 amide bonds. The molecule has 0 bridgehead atoms. The minimum Gasteiger partial charge on any atom is -0.320 e. The number of hydrogen-bond acceptors (Lipinski definition) is 3. The zero-order chi connectivity index (χ0) is 14.5. The van der Waals surface area contributed by atoms with E-state index in [0.717, 1.165) is 11.3 Å². The van der Waals surface area contributed by atoms with E-state index in [1.807, 2.05) is 41.2 Å². The first kappa shape index (κ1) is 13.1. The third-order valence-electron chi connectivity index (χ3n) is 3.05. The number of nitrogens with one attached hydrogen (secondary N) is 1. The molecule has 0 radical (unpaired) electrons. The van der Waals surface area contributed by atoms with Crippen molar-refractivity contribution in [3.63, 3.8) is 0 Å². The lowest BCUT2D eigenvalue weighted by molar-refractivity contribution is 0.102. The first-order chi connectivity index (χ1) is 10.3. The highest BCUT2D eigenvalue weighted by Crippen LogP contribution is 2.17. The predicted octanol–water partition coefficient (Wildman–Crippen LogP) is 2.58. The van der Waals surface area contributed by atoms with Gasteiger partial charge < -0.3 is 5.32 Å². The van der Waals surface area contributed by atoms with E-state index in [2.05, 4.69) is 15.4 Å². The topological polar surface area (TPSA) is 59.8 Å². The largest absolute Gasteiger partial charge is 0.320 e. The van der Waals surface area contributed by atoms with Gasteiger partial charge in [0.15, 0.2) is 0 Å². The van der Waals surface area contributed by atoms with Gasteiger partial charge in [0.05, 0.1) is 6.54 Å². The van der Waals surface area contributed by atoms with Gasteiger partial charge in [0.25, 0.3) is 5.91 Å². The number of hydrogen-bond donors (Lipinski definition) is 1. The molecule has 2 aromatic heterocycles. The Kier molecular flexibility index (Phi) is 3.73. The Morgan fingerprint density at radius 2 is 1.90 bits per heavy atom. The quantitative estimate of drug-likeness (QED) is 0.798. The van der Waals surface area contributed by atoms with Crippen LogP contribution in [0, 0.1) is 0 Å². The second-order valence-corrected chi connectivity index (χ2v) is 4.53. The van der Waals surface area contributed by atoms with Gasteiger partial charge in [-0.1, -0.05) is 24.3 Å². The second-order valence-electron chi connectivity index (χ2n) is 4.53. The highest BCUT2D eigenvalue weighted by atomic mass is 16.1. The van der Waals surface area contributed by atoms with Crippen LogP contribution in [0.5, 0.6) is 0 Å². The molecule has 104 valence electrons. The molecule has 3 aromatic rings. The molecule has 5 heteroatoms. The molecule has 1 aromatic carbocycles. The van der Waals surface area contributed by atoms with Crippen molar-refractivity contribution in [3.05, 3.63) is 78.4 Å². The third kappa shape index (κ3) is 3.14. The summed E-state index contributed by atoms with van der Waals surface area (Å²) in [7, 11) is 0. The monoisotopic (exact) mass is 278 g/mol. The van der Waals surface area contributed by atoms with Gasteiger partial charge in [-0.05, 0) is 29.8 Å². The van der Waals surface area contributed by atoms with E-state index in [9.17, 15) is 4.79 Å². The molecule has 21 heavy (non-hydrogen) atoms. The molecule has 0 aliphatic carbocycles. The molecular weight excluding hydrogens is 264 g/mol. The number of anilines is 1. The van der Waals surface area contributed by atoms with Gasteiger partial charge in [-0.15, -0.1) is 0 Å². The van der Waals surface area contributed by atoms with Crippen LogP contribution in [0.2, 0.25) is 0 Å². The van der Waals surface area contributed by atoms with Gasteiger partial charge in [-0.2, -0.15) is 5.10 Å². The average molecular weight is 278 g/mol. The Hall–Kier alpha value is -2.95. The van der Waals surface area contributed by atoms with E-state index in [4.69, 9.17) is 0 Å². The smallest absolute Gasteiger partial charge is 0.274 e. The molecule has 0 aliphatic rings. The van der Waals surface area contributed by atoms with Crippen molar-refractivity contribution in [1.82, 2.24) is 14.8 Å². The Morgan fingerprint density at radius 3 is 2.67 bits per heavy atom. The summed E-state index contributed by atoms with van der Waals surface area (Å²) < 4.78 is 1.81. The molecule has 1 N–H and O–H groups in total. The van der Waals surface area contributed by atoms with Crippen LogP contribution in [0.3, 0.4) is 0 Å². The summed E-state index contributed by atoms with van der Waals surface area (Å²) in [6.07, 6.45) is 5.22. The number of carbonyl (C=O) groups is 1. The minimum atomic E-state index is -0.219. The lowest BCUT2D eigenvalue weighted by Crippen LogP contribution is -2.15. The second kappa shape index (κ2) is 6.00. The first-order valence-corrected chi connectivity index (χ1v) is 6.60. The van der Waals surface area contributed by atoms with Crippen LogP contribution in [0.25, 0.3) is 0 Å². The molecular formula is C16H14N4O. The zero-order valence-electron chi connectivity index (χ0n) is 11.3. The molecule has 0 unspecified atom stereocenters. The summed E-state index contributed by atoms with van der Waals surface area (Å²) in [6, 6.07) is 14.8. The van der Waals surface area contributed by atoms with Crippen LogP contribution < -0.4 is 5.32 Å². The molecule has 0 atom stereocenters. The average Bonchev–Trinajstić information content (AvgIpc) is 3.03. The molecule has 0 saturated carbocycles. The standard InChI is InChI=1S/C16H14N4O/c21-16(15-8-3-4-9-17-15)19-14-7-2-1-6-13(14)12-20-11-5-10-18-20/h1-11H,12H2,(H,19,21). The summed E-state index contributed by atoms with van der Waals surface area (Å²) in [5.74, 6) is -0.219. The van der Waals surface area contributed by atoms with Crippen LogP contribution >= 0.6 is 0 Å². The summed E-state index contributed by atoms with van der Waals surface area (Å²) in [5.41, 5.74) is 2.15. The fraction of sp³-hybridized carbons (Fsp3) is 0.0625. The van der Waals surface area contributed by atoms with Gasteiger partial charge >= 0.3 is 0 Å². The predicted molar refractivity (Wildman–Crippen MR) is 80.0 cm³/mol. The number of carbonyl (C=O) groups excluding carboxylic acids is 1. The highest BCUT2D eigenvalue weighted by Gasteiger charge is 2.09. The van der Waals surface area contributed by atoms with Gasteiger partial charge in [0.2, 0.25) is 0 Å². The molecule has 0 fully saturated rings. The molecule has 5 nitrogen and oxygen atoms in total. The lowest BCUT2D eigenvalue weighted by atomic mass is 10.1. The van der Waals surface area contributed by atoms with Gasteiger partial charge in [0.1, 0.15) is 5.69 Å². The van der Waals surface area contributed by atoms with E-state index in [0.29, 0.717) is 12.2 Å². The Morgan fingerprint density at radius 1 is 1.05 bits per heavy atom. The van der Waals surface area contributed by atoms with E-state index in [-0.39, 0.29) is 5.91 Å². The number of benzene rings is 1. The summed E-state index contributed by atoms with van der Waals surface area (Å²) in [4.78, 5) is 16.2. The molecule has 0 saturated heterocycles. The highest BCUT2D eigenvalue weighted by molar-refractivity contribution is 6.03. The zero-order valence-corrected chi connectivity index (χ0v) is 11.3. The van der Waals surface area contributed by atoms with Crippen molar-refractivity contribution in [1.29, 1.82) is 0 Å². The lowest BCUT2D eigenvalue weighted by Gasteiger charge is -2.11. The van der Waals surface area contributed by atoms with Crippen LogP contribution in [-0.4, -0.2) is 20.7 Å². The van der Waals surface area contributed by atoms with E-state index >= 15 is 0 Å². The molecule has 2 heterocycles. The maximum absolute atomic E-state index is 12.2. The van der Waals surface area contributed by atoms with Crippen LogP contribution in [0.4, 0.5) is 5.69 Å². The van der Waals surface area contributed by atoms with E-state index < -0.39 is 0 Å². The van der Waals surface area contributed by atoms with Crippen molar-refractivity contribution >= 4 is 11.6 Å². The number of rotatable bonds is 4. The fourth-order valence-electron chi connectivity index (χ4n) is 2.03. The minimum absolute atomic E-state index is 0.219. The van der Waals surface area contributed by atoms with Crippen LogP contribution in [-0.2, 0) is 6.54 Å². The summed E-state index contributed by atoms with van der Waals surface area (Å²) >= 11 is 0. The Bertz CT molecular complexity index is 723. The van der Waals surface area contributed by atoms with Crippen molar-refractivity contribution in [3.8, 4) is 0 Å². The number of amides is 1. The number of aromatic nitrogens is 3. The molecule has 3 rings (SSSR count). The maximum atomic E-state index is 12.2. The van der Waals surface area contributed by atoms with E-state index in [1.54, 1.807) is 30.6 Å². The first-order valence-electron chi connectivity index (χ1n) is 6.60. The Labute approximate surface area is 122 Å². The van der Waals surface area contributed by atoms with E-state index in [1.165, 1.54) is 0 Å². The number of para-hydroxylation sites is 1. The third-order valence-corrected chi connectivity index (χ3v) is 3.05. The van der Waals surface area contributed by atoms with Gasteiger partial charge in [0, 0.05) is 24.3 Å². The summed E-state index contributed by atoms with van der Waals surface area (Å²) in [5, 5.41) is 7.08. The molecule has 0 spiro atoms. The van der Waals surface area contributed by atoms with Crippen molar-refractivity contribution < 1.29 is 4.79 Å². The maximum Gasteiger partial charge on any atom is 0.274 e. The number of nitrogens with zero attached hydrogens (tertiary/aromatic N) is 3. The normalized spacial score (nSPS) is 10.3. The van der Waals surface area contributed by atoms with Crippen molar-refractivity contribution in [2.75, 3.05) is 5.32 Å². The van der Waals surface area contributed by atoms with Crippen LogP contribution in [0.15, 0.2) is 67.1 Å². The van der Waals surface area contributed by atoms with Gasteiger partial charge in [-0.3, -0.25) is 14.5 Å². The fourth-order valence-corrected chi connectivity index (χ4v) is 2.03. The number of pyridine rings is 1. The van der Waals surface area contributed by atoms with Crippen molar-refractivity contribution in [2.24, 2.45) is 0 Å². The Balaban J connectivity index is 1.81. The summed E-state index contributed by atoms with van der Waals surface area (Å²) in [6.45, 7) is 0.603. The van der Waals surface area contributed by atoms with Crippen LogP contribution in [0.1, 0.15) is 16.1 Å². The van der Waals surface area contributed by atoms with Crippen molar-refractivity contribution in [2.45, 2.75) is 6.54 Å².